The molecule has 60 valence electrons. The van der Waals surface area contributed by atoms with Gasteiger partial charge in [-0.2, -0.15) is 0 Å². The van der Waals surface area contributed by atoms with Crippen molar-refractivity contribution in [3.05, 3.63) is 17.5 Å². The average molecular weight is 152 g/mol. The van der Waals surface area contributed by atoms with E-state index < -0.39 is 0 Å². The zero-order valence-corrected chi connectivity index (χ0v) is 6.63. The molecule has 3 nitrogen and oxygen atoms in total. The van der Waals surface area contributed by atoms with E-state index in [1.54, 1.807) is 6.20 Å². The molecule has 3 heteroatoms. The third-order valence-corrected chi connectivity index (χ3v) is 2.57. The predicted octanol–water partition coefficient (Wildman–Crippen LogP) is 0.973. The van der Waals surface area contributed by atoms with Crippen molar-refractivity contribution in [1.82, 2.24) is 5.16 Å². The first-order valence-corrected chi connectivity index (χ1v) is 3.90. The van der Waals surface area contributed by atoms with Crippen LogP contribution in [0.4, 0.5) is 0 Å². The molecule has 1 aromatic heterocycles. The number of hydrogen-bond donors (Lipinski definition) is 1. The number of nitrogens with zero attached hydrogens (tertiary/aromatic N) is 1. The lowest BCUT2D eigenvalue weighted by molar-refractivity contribution is 0.394. The lowest BCUT2D eigenvalue weighted by Crippen LogP contribution is -2.19. The minimum Gasteiger partial charge on any atom is -0.361 e. The maximum atomic E-state index is 5.66. The Balaban J connectivity index is 2.35. The Bertz CT molecular complexity index is 263. The molecule has 0 spiro atoms. The molecular formula is C8H12N2O. The smallest absolute Gasteiger partial charge is 0.137 e. The van der Waals surface area contributed by atoms with E-state index in [9.17, 15) is 0 Å². The fourth-order valence-corrected chi connectivity index (χ4v) is 1.54. The summed E-state index contributed by atoms with van der Waals surface area (Å²) in [6, 6.07) is 0. The number of rotatable bonds is 2. The number of nitrogens with two attached hydrogens (primary N) is 1. The van der Waals surface area contributed by atoms with Crippen molar-refractivity contribution in [2.75, 3.05) is 6.54 Å². The normalized spacial score (nSPS) is 20.2. The highest BCUT2D eigenvalue weighted by molar-refractivity contribution is 5.31. The molecule has 1 aromatic rings. The van der Waals surface area contributed by atoms with E-state index in [1.807, 2.05) is 6.92 Å². The van der Waals surface area contributed by atoms with Gasteiger partial charge in [0.1, 0.15) is 5.76 Å². The topological polar surface area (TPSA) is 52.0 Å². The van der Waals surface area contributed by atoms with Gasteiger partial charge in [0.25, 0.3) is 0 Å². The van der Waals surface area contributed by atoms with E-state index in [0.29, 0.717) is 0 Å². The molecule has 0 bridgehead atoms. The van der Waals surface area contributed by atoms with Crippen LogP contribution in [0.2, 0.25) is 0 Å². The van der Waals surface area contributed by atoms with Crippen LogP contribution in [-0.4, -0.2) is 11.7 Å². The van der Waals surface area contributed by atoms with E-state index in [0.717, 1.165) is 12.3 Å². The minimum atomic E-state index is 0.226. The second-order valence-corrected chi connectivity index (χ2v) is 3.28. The zero-order valence-electron chi connectivity index (χ0n) is 6.63. The quantitative estimate of drug-likeness (QED) is 0.687. The first-order valence-electron chi connectivity index (χ1n) is 3.90. The molecule has 0 atom stereocenters. The number of aryl methyl sites for hydroxylation is 1. The van der Waals surface area contributed by atoms with Crippen molar-refractivity contribution < 1.29 is 4.52 Å². The van der Waals surface area contributed by atoms with Crippen LogP contribution in [0.1, 0.15) is 24.2 Å². The maximum Gasteiger partial charge on any atom is 0.137 e. The van der Waals surface area contributed by atoms with Gasteiger partial charge < -0.3 is 10.3 Å². The summed E-state index contributed by atoms with van der Waals surface area (Å²) >= 11 is 0. The van der Waals surface area contributed by atoms with Crippen molar-refractivity contribution >= 4 is 0 Å². The van der Waals surface area contributed by atoms with E-state index in [2.05, 4.69) is 5.16 Å². The molecule has 1 saturated carbocycles. The van der Waals surface area contributed by atoms with Crippen molar-refractivity contribution in [3.63, 3.8) is 0 Å². The number of hydrogen-bond acceptors (Lipinski definition) is 3. The molecule has 0 unspecified atom stereocenters. The highest BCUT2D eigenvalue weighted by Gasteiger charge is 2.45. The van der Waals surface area contributed by atoms with Crippen LogP contribution in [0.5, 0.6) is 0 Å². The lowest BCUT2D eigenvalue weighted by Gasteiger charge is -2.08. The molecule has 2 rings (SSSR count). The Morgan fingerprint density at radius 1 is 1.73 bits per heavy atom. The Morgan fingerprint density at radius 3 is 2.82 bits per heavy atom. The SMILES string of the molecule is Cc1oncc1C1(CN)CC1. The molecule has 0 saturated heterocycles. The van der Waals surface area contributed by atoms with Crippen molar-refractivity contribution in [3.8, 4) is 0 Å². The molecule has 1 fully saturated rings. The van der Waals surface area contributed by atoms with Gasteiger partial charge in [0.05, 0.1) is 6.20 Å². The molecule has 0 amide bonds. The summed E-state index contributed by atoms with van der Waals surface area (Å²) in [5.74, 6) is 0.924. The Kier molecular flexibility index (Phi) is 1.29. The van der Waals surface area contributed by atoms with Crippen LogP contribution in [0, 0.1) is 6.92 Å². The maximum absolute atomic E-state index is 5.66. The van der Waals surface area contributed by atoms with Gasteiger partial charge in [-0.25, -0.2) is 0 Å². The summed E-state index contributed by atoms with van der Waals surface area (Å²) in [6.07, 6.45) is 4.17. The lowest BCUT2D eigenvalue weighted by atomic mass is 9.98. The van der Waals surface area contributed by atoms with Crippen LogP contribution in [0.3, 0.4) is 0 Å². The van der Waals surface area contributed by atoms with Crippen molar-refractivity contribution in [1.29, 1.82) is 0 Å². The van der Waals surface area contributed by atoms with Gasteiger partial charge in [-0.3, -0.25) is 0 Å². The summed E-state index contributed by atoms with van der Waals surface area (Å²) in [4.78, 5) is 0. The van der Waals surface area contributed by atoms with Crippen molar-refractivity contribution in [2.24, 2.45) is 5.73 Å². The summed E-state index contributed by atoms with van der Waals surface area (Å²) in [6.45, 7) is 2.66. The summed E-state index contributed by atoms with van der Waals surface area (Å²) in [5, 5.41) is 3.75. The fourth-order valence-electron chi connectivity index (χ4n) is 1.54. The molecule has 1 aliphatic carbocycles. The highest BCUT2D eigenvalue weighted by atomic mass is 16.5. The molecule has 1 aliphatic rings. The van der Waals surface area contributed by atoms with E-state index in [4.69, 9.17) is 10.3 Å². The molecule has 11 heavy (non-hydrogen) atoms. The average Bonchev–Trinajstić information content (AvgIpc) is 2.70. The molecule has 2 N–H and O–H groups in total. The third-order valence-electron chi connectivity index (χ3n) is 2.57. The summed E-state index contributed by atoms with van der Waals surface area (Å²) in [7, 11) is 0. The predicted molar refractivity (Wildman–Crippen MR) is 41.2 cm³/mol. The largest absolute Gasteiger partial charge is 0.361 e. The standard InChI is InChI=1S/C8H12N2O/c1-6-7(4-10-11-6)8(5-9)2-3-8/h4H,2-3,5,9H2,1H3. The minimum absolute atomic E-state index is 0.226. The Morgan fingerprint density at radius 2 is 2.45 bits per heavy atom. The zero-order chi connectivity index (χ0) is 7.90. The Hall–Kier alpha value is -0.830. The van der Waals surface area contributed by atoms with Crippen LogP contribution in [0.25, 0.3) is 0 Å². The van der Waals surface area contributed by atoms with Crippen molar-refractivity contribution in [2.45, 2.75) is 25.2 Å². The van der Waals surface area contributed by atoms with Crippen LogP contribution in [-0.2, 0) is 5.41 Å². The fraction of sp³-hybridized carbons (Fsp3) is 0.625. The molecule has 0 aromatic carbocycles. The van der Waals surface area contributed by atoms with Crippen LogP contribution >= 0.6 is 0 Å². The van der Waals surface area contributed by atoms with Gasteiger partial charge >= 0.3 is 0 Å². The monoisotopic (exact) mass is 152 g/mol. The number of aromatic nitrogens is 1. The van der Waals surface area contributed by atoms with Gasteiger partial charge in [-0.15, -0.1) is 0 Å². The Labute approximate surface area is 65.6 Å². The first-order chi connectivity index (χ1) is 5.28. The van der Waals surface area contributed by atoms with E-state index in [-0.39, 0.29) is 5.41 Å². The van der Waals surface area contributed by atoms with Gasteiger partial charge in [0.2, 0.25) is 0 Å². The third kappa shape index (κ3) is 0.878. The molecule has 0 aliphatic heterocycles. The van der Waals surface area contributed by atoms with Crippen LogP contribution < -0.4 is 5.73 Å². The summed E-state index contributed by atoms with van der Waals surface area (Å²) in [5.41, 5.74) is 7.09. The van der Waals surface area contributed by atoms with Gasteiger partial charge in [0.15, 0.2) is 0 Å². The van der Waals surface area contributed by atoms with Gasteiger partial charge in [-0.05, 0) is 19.8 Å². The molecule has 1 heterocycles. The van der Waals surface area contributed by atoms with E-state index >= 15 is 0 Å². The van der Waals surface area contributed by atoms with E-state index in [1.165, 1.54) is 18.4 Å². The first kappa shape index (κ1) is 6.85. The van der Waals surface area contributed by atoms with Gasteiger partial charge in [0, 0.05) is 17.5 Å². The van der Waals surface area contributed by atoms with Gasteiger partial charge in [-0.1, -0.05) is 5.16 Å². The second kappa shape index (κ2) is 2.08. The summed E-state index contributed by atoms with van der Waals surface area (Å²) < 4.78 is 4.99. The highest BCUT2D eigenvalue weighted by Crippen LogP contribution is 2.48. The molecular weight excluding hydrogens is 140 g/mol. The molecule has 0 radical (unpaired) electrons. The second-order valence-electron chi connectivity index (χ2n) is 3.28. The van der Waals surface area contributed by atoms with Crippen LogP contribution in [0.15, 0.2) is 10.7 Å².